The number of fused-ring (bicyclic) bond motifs is 2. The molecule has 230 valence electrons. The van der Waals surface area contributed by atoms with Crippen LogP contribution in [0.2, 0.25) is 45.8 Å². The number of benzene rings is 5. The zero-order valence-electron chi connectivity index (χ0n) is 28.5. The maximum absolute atomic E-state index is 2.61. The second kappa shape index (κ2) is 11.5. The van der Waals surface area contributed by atoms with Crippen molar-refractivity contribution in [1.29, 1.82) is 0 Å². The molecule has 5 aromatic carbocycles. The van der Waals surface area contributed by atoms with Crippen molar-refractivity contribution < 1.29 is 0 Å². The third kappa shape index (κ3) is 5.49. The van der Waals surface area contributed by atoms with Crippen molar-refractivity contribution in [3.63, 3.8) is 0 Å². The van der Waals surface area contributed by atoms with Crippen LogP contribution in [0.5, 0.6) is 0 Å². The van der Waals surface area contributed by atoms with Crippen LogP contribution >= 0.6 is 0 Å². The molecule has 46 heavy (non-hydrogen) atoms. The monoisotopic (exact) mass is 646 g/mol. The van der Waals surface area contributed by atoms with Gasteiger partial charge in [-0.25, -0.2) is 0 Å². The molecule has 0 saturated heterocycles. The Kier molecular flexibility index (Phi) is 7.70. The Hall–Kier alpha value is -3.77. The second-order valence-electron chi connectivity index (χ2n) is 15.6. The van der Waals surface area contributed by atoms with Crippen molar-refractivity contribution in [3.05, 3.63) is 148 Å². The summed E-state index contributed by atoms with van der Waals surface area (Å²) in [5.41, 5.74) is 11.2. The Balaban J connectivity index is 1.31. The zero-order chi connectivity index (χ0) is 32.3. The van der Waals surface area contributed by atoms with Crippen LogP contribution in [0.15, 0.2) is 126 Å². The molecule has 0 nitrogen and oxygen atoms in total. The molecule has 0 spiro atoms. The Morgan fingerprint density at radius 2 is 0.804 bits per heavy atom. The molecule has 0 heterocycles. The van der Waals surface area contributed by atoms with Gasteiger partial charge in [-0.3, -0.25) is 0 Å². The lowest BCUT2D eigenvalue weighted by molar-refractivity contribution is 1.23. The van der Waals surface area contributed by atoms with E-state index in [-0.39, 0.29) is 0 Å². The fraction of sp³-hybridized carbons (Fsp3) is 0.209. The molecular weight excluding hydrogens is 601 g/mol. The molecule has 0 fully saturated rings. The minimum Gasteiger partial charge on any atom is -0.0668 e. The minimum atomic E-state index is -2.24. The van der Waals surface area contributed by atoms with Crippen LogP contribution in [-0.2, 0) is 12.8 Å². The van der Waals surface area contributed by atoms with Gasteiger partial charge in [0.25, 0.3) is 0 Å². The molecule has 0 unspecified atom stereocenters. The van der Waals surface area contributed by atoms with Gasteiger partial charge in [0.2, 0.25) is 0 Å². The maximum Gasteiger partial charge on any atom is 0.137 e. The van der Waals surface area contributed by atoms with Gasteiger partial charge in [-0.2, -0.15) is 0 Å². The Morgan fingerprint density at radius 3 is 1.20 bits per heavy atom. The molecule has 0 saturated carbocycles. The predicted octanol–water partition coefficient (Wildman–Crippen LogP) is 9.75. The van der Waals surface area contributed by atoms with Crippen LogP contribution < -0.4 is 15.6 Å². The summed E-state index contributed by atoms with van der Waals surface area (Å²) in [6.45, 7) is 17.2. The highest BCUT2D eigenvalue weighted by atomic mass is 28.3. The average Bonchev–Trinajstić information content (AvgIpc) is 3.70. The Bertz CT molecular complexity index is 1860. The molecular formula is C43H46Si3. The average molecular weight is 647 g/mol. The highest BCUT2D eigenvalue weighted by molar-refractivity contribution is 7.03. The lowest BCUT2D eigenvalue weighted by atomic mass is 9.97. The van der Waals surface area contributed by atoms with Crippen LogP contribution in [-0.4, -0.2) is 24.2 Å². The highest BCUT2D eigenvalue weighted by Gasteiger charge is 2.41. The molecule has 0 aliphatic heterocycles. The van der Waals surface area contributed by atoms with Crippen LogP contribution in [0.3, 0.4) is 0 Å². The van der Waals surface area contributed by atoms with Crippen LogP contribution in [0.4, 0.5) is 0 Å². The summed E-state index contributed by atoms with van der Waals surface area (Å²) in [7, 11) is -4.92. The highest BCUT2D eigenvalue weighted by Crippen LogP contribution is 2.43. The first-order valence-electron chi connectivity index (χ1n) is 16.9. The Labute approximate surface area is 279 Å². The van der Waals surface area contributed by atoms with Gasteiger partial charge in [0.1, 0.15) is 8.07 Å². The molecule has 2 aliphatic carbocycles. The van der Waals surface area contributed by atoms with Crippen molar-refractivity contribution in [1.82, 2.24) is 0 Å². The number of hydrogen-bond donors (Lipinski definition) is 0. The van der Waals surface area contributed by atoms with E-state index in [0.717, 1.165) is 12.8 Å². The summed E-state index contributed by atoms with van der Waals surface area (Å²) in [5.74, 6) is 0. The van der Waals surface area contributed by atoms with Gasteiger partial charge in [0.05, 0.1) is 16.1 Å². The van der Waals surface area contributed by atoms with Gasteiger partial charge in [-0.05, 0) is 57.3 Å². The normalized spacial score (nSPS) is 14.5. The lowest BCUT2D eigenvalue weighted by Gasteiger charge is -2.32. The van der Waals surface area contributed by atoms with E-state index in [1.807, 2.05) is 0 Å². The van der Waals surface area contributed by atoms with Gasteiger partial charge in [-0.1, -0.05) is 199 Å². The minimum absolute atomic E-state index is 1.03. The van der Waals surface area contributed by atoms with Gasteiger partial charge < -0.3 is 0 Å². The van der Waals surface area contributed by atoms with E-state index in [1.54, 1.807) is 10.4 Å². The van der Waals surface area contributed by atoms with E-state index in [4.69, 9.17) is 0 Å². The fourth-order valence-electron chi connectivity index (χ4n) is 7.53. The second-order valence-corrected chi connectivity index (χ2v) is 29.9. The van der Waals surface area contributed by atoms with E-state index in [1.165, 1.54) is 60.1 Å². The quantitative estimate of drug-likeness (QED) is 0.155. The summed E-state index contributed by atoms with van der Waals surface area (Å²) < 4.78 is 0. The van der Waals surface area contributed by atoms with Gasteiger partial charge >= 0.3 is 0 Å². The molecule has 0 radical (unpaired) electrons. The van der Waals surface area contributed by atoms with E-state index >= 15 is 0 Å². The van der Waals surface area contributed by atoms with Gasteiger partial charge in [-0.15, -0.1) is 0 Å². The van der Waals surface area contributed by atoms with E-state index in [2.05, 4.69) is 173 Å². The molecule has 0 bridgehead atoms. The first-order valence-corrected chi connectivity index (χ1v) is 26.4. The number of hydrogen-bond acceptors (Lipinski definition) is 0. The predicted molar refractivity (Wildman–Crippen MR) is 211 cm³/mol. The molecule has 7 rings (SSSR count). The van der Waals surface area contributed by atoms with Crippen molar-refractivity contribution in [2.45, 2.75) is 58.7 Å². The maximum atomic E-state index is 2.61. The summed E-state index contributed by atoms with van der Waals surface area (Å²) in [5, 5.41) is 7.79. The standard InChI is InChI=1S/C43H46Si3/c1-44(2,3)35-23-19-31(20-24-35)40-17-11-13-33-27-38(29-42(33)40)46(7,37-15-9-8-10-16-37)39-28-34-14-12-18-41(43(34)30-39)32-21-25-36(26-22-32)45(4,5)6/h8-26,29-30H,27-28H2,1-7H3. The zero-order valence-corrected chi connectivity index (χ0v) is 31.5. The van der Waals surface area contributed by atoms with E-state index < -0.39 is 24.2 Å². The van der Waals surface area contributed by atoms with Crippen LogP contribution in [0, 0.1) is 0 Å². The third-order valence-corrected chi connectivity index (χ3v) is 19.4. The van der Waals surface area contributed by atoms with Crippen molar-refractivity contribution in [2.75, 3.05) is 0 Å². The molecule has 5 aromatic rings. The number of allylic oxidation sites excluding steroid dienone is 2. The lowest BCUT2D eigenvalue weighted by Crippen LogP contribution is -2.49. The molecule has 0 amide bonds. The smallest absolute Gasteiger partial charge is 0.0668 e. The third-order valence-electron chi connectivity index (χ3n) is 10.6. The van der Waals surface area contributed by atoms with Crippen molar-refractivity contribution >= 4 is 51.9 Å². The summed E-state index contributed by atoms with van der Waals surface area (Å²) in [4.78, 5) is 0. The van der Waals surface area contributed by atoms with Gasteiger partial charge in [0, 0.05) is 0 Å². The molecule has 3 heteroatoms. The van der Waals surface area contributed by atoms with Crippen LogP contribution in [0.25, 0.3) is 34.4 Å². The Morgan fingerprint density at radius 1 is 0.391 bits per heavy atom. The SMILES string of the molecule is C[Si](C)(C)c1ccc(-c2cccc3c2C=C([Si](C)(C2=Cc4c(cccc4-c4ccc([Si](C)(C)C)cc4)C2)c2ccccc2)C3)cc1. The molecule has 0 N–H and O–H groups in total. The molecule has 2 aliphatic rings. The summed E-state index contributed by atoms with van der Waals surface area (Å²) in [6.07, 6.45) is 7.26. The summed E-state index contributed by atoms with van der Waals surface area (Å²) >= 11 is 0. The van der Waals surface area contributed by atoms with Crippen molar-refractivity contribution in [2.24, 2.45) is 0 Å². The first-order chi connectivity index (χ1) is 21.9. The number of rotatable bonds is 7. The fourth-order valence-corrected chi connectivity index (χ4v) is 13.8. The van der Waals surface area contributed by atoms with Crippen LogP contribution in [0.1, 0.15) is 22.3 Å². The molecule has 0 atom stereocenters. The van der Waals surface area contributed by atoms with Crippen molar-refractivity contribution in [3.8, 4) is 22.3 Å². The first kappa shape index (κ1) is 30.9. The largest absolute Gasteiger partial charge is 0.137 e. The van der Waals surface area contributed by atoms with E-state index in [0.29, 0.717) is 0 Å². The van der Waals surface area contributed by atoms with E-state index in [9.17, 15) is 0 Å². The van der Waals surface area contributed by atoms with Gasteiger partial charge in [0.15, 0.2) is 0 Å². The topological polar surface area (TPSA) is 0 Å². The summed E-state index contributed by atoms with van der Waals surface area (Å²) in [6, 6.07) is 44.3. The molecule has 0 aromatic heterocycles.